The van der Waals surface area contributed by atoms with Gasteiger partial charge in [-0.25, -0.2) is 4.98 Å². The van der Waals surface area contributed by atoms with E-state index < -0.39 is 0 Å². The average molecular weight is 400 g/mol. The van der Waals surface area contributed by atoms with Gasteiger partial charge in [-0.1, -0.05) is 72.0 Å². The van der Waals surface area contributed by atoms with Gasteiger partial charge in [0.05, 0.1) is 10.6 Å². The van der Waals surface area contributed by atoms with E-state index in [9.17, 15) is 4.79 Å². The molecule has 6 heteroatoms. The Balaban J connectivity index is 1.49. The molecular formula is C23H16N2O3S. The molecular weight excluding hydrogens is 384 g/mol. The van der Waals surface area contributed by atoms with E-state index in [4.69, 9.17) is 14.5 Å². The highest BCUT2D eigenvalue weighted by molar-refractivity contribution is 7.19. The molecule has 5 rings (SSSR count). The summed E-state index contributed by atoms with van der Waals surface area (Å²) in [5.41, 5.74) is 3.41. The van der Waals surface area contributed by atoms with Crippen molar-refractivity contribution in [3.63, 3.8) is 0 Å². The second kappa shape index (κ2) is 7.41. The SMILES string of the molecule is O=C(Nc1nc(-c2ccccc2)c(-c2ccccc2)s1)c1ccc2c(c1)OCO2. The molecule has 1 aliphatic rings. The number of nitrogens with zero attached hydrogens (tertiary/aromatic N) is 1. The van der Waals surface area contributed by atoms with E-state index in [1.807, 2.05) is 60.7 Å². The van der Waals surface area contributed by atoms with E-state index in [1.54, 1.807) is 18.2 Å². The molecule has 0 radical (unpaired) electrons. The molecule has 0 atom stereocenters. The van der Waals surface area contributed by atoms with Crippen LogP contribution < -0.4 is 14.8 Å². The molecule has 0 saturated heterocycles. The number of carbonyl (C=O) groups excluding carboxylic acids is 1. The third-order valence-electron chi connectivity index (χ3n) is 4.57. The van der Waals surface area contributed by atoms with Gasteiger partial charge in [0.25, 0.3) is 5.91 Å². The van der Waals surface area contributed by atoms with Gasteiger partial charge in [-0.2, -0.15) is 0 Å². The summed E-state index contributed by atoms with van der Waals surface area (Å²) in [6, 6.07) is 25.2. The van der Waals surface area contributed by atoms with Gasteiger partial charge in [-0.15, -0.1) is 0 Å². The van der Waals surface area contributed by atoms with Crippen molar-refractivity contribution in [2.24, 2.45) is 0 Å². The Morgan fingerprint density at radius 3 is 2.31 bits per heavy atom. The van der Waals surface area contributed by atoms with E-state index in [0.717, 1.165) is 21.7 Å². The molecule has 4 aromatic rings. The minimum Gasteiger partial charge on any atom is -0.454 e. The highest BCUT2D eigenvalue weighted by Crippen LogP contribution is 2.39. The zero-order valence-corrected chi connectivity index (χ0v) is 16.1. The highest BCUT2D eigenvalue weighted by Gasteiger charge is 2.19. The Labute approximate surface area is 171 Å². The number of hydrogen-bond acceptors (Lipinski definition) is 5. The van der Waals surface area contributed by atoms with Crippen molar-refractivity contribution in [1.29, 1.82) is 0 Å². The van der Waals surface area contributed by atoms with Crippen LogP contribution in [0, 0.1) is 0 Å². The van der Waals surface area contributed by atoms with Crippen molar-refractivity contribution in [3.8, 4) is 33.2 Å². The number of thiazole rings is 1. The Kier molecular flexibility index (Phi) is 4.46. The van der Waals surface area contributed by atoms with Crippen LogP contribution in [-0.4, -0.2) is 17.7 Å². The van der Waals surface area contributed by atoms with Crippen molar-refractivity contribution in [2.45, 2.75) is 0 Å². The fourth-order valence-corrected chi connectivity index (χ4v) is 4.15. The first kappa shape index (κ1) is 17.5. The smallest absolute Gasteiger partial charge is 0.257 e. The van der Waals surface area contributed by atoms with Gasteiger partial charge in [0.2, 0.25) is 6.79 Å². The zero-order chi connectivity index (χ0) is 19.6. The van der Waals surface area contributed by atoms with E-state index in [2.05, 4.69) is 5.32 Å². The van der Waals surface area contributed by atoms with Gasteiger partial charge in [-0.05, 0) is 23.8 Å². The van der Waals surface area contributed by atoms with Gasteiger partial charge in [-0.3, -0.25) is 10.1 Å². The number of ether oxygens (including phenoxy) is 2. The van der Waals surface area contributed by atoms with Crippen molar-refractivity contribution in [1.82, 2.24) is 4.98 Å². The van der Waals surface area contributed by atoms with E-state index in [1.165, 1.54) is 11.3 Å². The van der Waals surface area contributed by atoms with Crippen LogP contribution in [0.2, 0.25) is 0 Å². The number of aromatic nitrogens is 1. The van der Waals surface area contributed by atoms with Crippen molar-refractivity contribution in [3.05, 3.63) is 84.4 Å². The molecule has 5 nitrogen and oxygen atoms in total. The third kappa shape index (κ3) is 3.46. The molecule has 1 N–H and O–H groups in total. The molecule has 1 aliphatic heterocycles. The number of amides is 1. The Morgan fingerprint density at radius 2 is 1.55 bits per heavy atom. The summed E-state index contributed by atoms with van der Waals surface area (Å²) in [5.74, 6) is 0.983. The molecule has 142 valence electrons. The first-order valence-corrected chi connectivity index (χ1v) is 9.92. The molecule has 0 aliphatic carbocycles. The largest absolute Gasteiger partial charge is 0.454 e. The molecule has 1 amide bonds. The van der Waals surface area contributed by atoms with Crippen LogP contribution in [0.1, 0.15) is 10.4 Å². The van der Waals surface area contributed by atoms with Crippen LogP contribution in [0.25, 0.3) is 21.7 Å². The van der Waals surface area contributed by atoms with Gasteiger partial charge in [0, 0.05) is 11.1 Å². The maximum absolute atomic E-state index is 12.8. The fraction of sp³-hybridized carbons (Fsp3) is 0.0435. The normalized spacial score (nSPS) is 12.0. The third-order valence-corrected chi connectivity index (χ3v) is 5.59. The number of carbonyl (C=O) groups is 1. The van der Waals surface area contributed by atoms with Crippen LogP contribution in [0.5, 0.6) is 11.5 Å². The van der Waals surface area contributed by atoms with Crippen LogP contribution in [-0.2, 0) is 0 Å². The summed E-state index contributed by atoms with van der Waals surface area (Å²) in [7, 11) is 0. The first-order valence-electron chi connectivity index (χ1n) is 9.10. The summed E-state index contributed by atoms with van der Waals surface area (Å²) >= 11 is 1.46. The van der Waals surface area contributed by atoms with Crippen LogP contribution >= 0.6 is 11.3 Å². The lowest BCUT2D eigenvalue weighted by Gasteiger charge is -2.03. The van der Waals surface area contributed by atoms with E-state index in [-0.39, 0.29) is 12.7 Å². The lowest BCUT2D eigenvalue weighted by molar-refractivity contribution is 0.102. The maximum atomic E-state index is 12.8. The summed E-state index contributed by atoms with van der Waals surface area (Å²) < 4.78 is 10.7. The lowest BCUT2D eigenvalue weighted by atomic mass is 10.1. The van der Waals surface area contributed by atoms with Crippen molar-refractivity contribution in [2.75, 3.05) is 12.1 Å². The number of hydrogen-bond donors (Lipinski definition) is 1. The quantitative estimate of drug-likeness (QED) is 0.494. The standard InChI is InChI=1S/C23H16N2O3S/c26-22(17-11-12-18-19(13-17)28-14-27-18)25-23-24-20(15-7-3-1-4-8-15)21(29-23)16-9-5-2-6-10-16/h1-13H,14H2,(H,24,25,26). The summed E-state index contributed by atoms with van der Waals surface area (Å²) in [6.07, 6.45) is 0. The Bertz CT molecular complexity index is 1120. The average Bonchev–Trinajstić information content (AvgIpc) is 3.41. The lowest BCUT2D eigenvalue weighted by Crippen LogP contribution is -2.11. The van der Waals surface area contributed by atoms with Crippen LogP contribution in [0.15, 0.2) is 78.9 Å². The molecule has 2 heterocycles. The number of anilines is 1. The van der Waals surface area contributed by atoms with Gasteiger partial charge < -0.3 is 9.47 Å². The first-order chi connectivity index (χ1) is 14.3. The molecule has 1 aromatic heterocycles. The van der Waals surface area contributed by atoms with E-state index >= 15 is 0 Å². The molecule has 0 spiro atoms. The van der Waals surface area contributed by atoms with Gasteiger partial charge in [0.15, 0.2) is 16.6 Å². The van der Waals surface area contributed by atoms with Crippen molar-refractivity contribution < 1.29 is 14.3 Å². The summed E-state index contributed by atoms with van der Waals surface area (Å²) in [6.45, 7) is 0.174. The number of rotatable bonds is 4. The zero-order valence-electron chi connectivity index (χ0n) is 15.3. The number of fused-ring (bicyclic) bond motifs is 1. The van der Waals surface area contributed by atoms with Crippen LogP contribution in [0.3, 0.4) is 0 Å². The Morgan fingerprint density at radius 1 is 0.862 bits per heavy atom. The number of benzene rings is 3. The predicted octanol–water partition coefficient (Wildman–Crippen LogP) is 5.46. The minimum absolute atomic E-state index is 0.174. The van der Waals surface area contributed by atoms with Crippen LogP contribution in [0.4, 0.5) is 5.13 Å². The monoisotopic (exact) mass is 400 g/mol. The fourth-order valence-electron chi connectivity index (χ4n) is 3.16. The molecule has 0 fully saturated rings. The maximum Gasteiger partial charge on any atom is 0.257 e. The van der Waals surface area contributed by atoms with Crippen molar-refractivity contribution >= 4 is 22.4 Å². The van der Waals surface area contributed by atoms with Gasteiger partial charge in [0.1, 0.15) is 0 Å². The second-order valence-electron chi connectivity index (χ2n) is 6.45. The van der Waals surface area contributed by atoms with Gasteiger partial charge >= 0.3 is 0 Å². The molecule has 3 aromatic carbocycles. The summed E-state index contributed by atoms with van der Waals surface area (Å²) in [4.78, 5) is 18.5. The predicted molar refractivity (Wildman–Crippen MR) is 114 cm³/mol. The highest BCUT2D eigenvalue weighted by atomic mass is 32.1. The van der Waals surface area contributed by atoms with E-state index in [0.29, 0.717) is 22.2 Å². The minimum atomic E-state index is -0.240. The molecule has 0 bridgehead atoms. The summed E-state index contributed by atoms with van der Waals surface area (Å²) in [5, 5.41) is 3.47. The molecule has 0 unspecified atom stereocenters. The number of nitrogens with one attached hydrogen (secondary N) is 1. The topological polar surface area (TPSA) is 60.5 Å². The second-order valence-corrected chi connectivity index (χ2v) is 7.45. The molecule has 29 heavy (non-hydrogen) atoms. The Hall–Kier alpha value is -3.64. The molecule has 0 saturated carbocycles.